The van der Waals surface area contributed by atoms with Crippen molar-refractivity contribution in [1.29, 1.82) is 0 Å². The fourth-order valence-corrected chi connectivity index (χ4v) is 3.27. The molecular weight excluding hydrogens is 322 g/mol. The highest BCUT2D eigenvalue weighted by atomic mass is 35.5. The molecular formula is C14H16ClN5OS. The van der Waals surface area contributed by atoms with Crippen molar-refractivity contribution in [3.63, 3.8) is 0 Å². The summed E-state index contributed by atoms with van der Waals surface area (Å²) in [5.41, 5.74) is 0. The van der Waals surface area contributed by atoms with Crippen LogP contribution >= 0.6 is 22.9 Å². The zero-order chi connectivity index (χ0) is 15.5. The second kappa shape index (κ2) is 6.58. The molecule has 0 spiro atoms. The third-order valence-corrected chi connectivity index (χ3v) is 4.62. The van der Waals surface area contributed by atoms with Gasteiger partial charge in [0.2, 0.25) is 5.91 Å². The first kappa shape index (κ1) is 15.2. The molecule has 1 amide bonds. The summed E-state index contributed by atoms with van der Waals surface area (Å²) in [6, 6.07) is 3.55. The molecule has 2 aromatic rings. The molecule has 22 heavy (non-hydrogen) atoms. The van der Waals surface area contributed by atoms with E-state index in [9.17, 15) is 4.79 Å². The minimum atomic E-state index is -0.0737. The molecule has 0 saturated carbocycles. The van der Waals surface area contributed by atoms with Crippen molar-refractivity contribution in [1.82, 2.24) is 15.2 Å². The van der Waals surface area contributed by atoms with Crippen molar-refractivity contribution in [3.8, 4) is 0 Å². The number of halogens is 1. The van der Waals surface area contributed by atoms with Crippen LogP contribution in [0.15, 0.2) is 18.3 Å². The van der Waals surface area contributed by atoms with E-state index in [-0.39, 0.29) is 11.8 Å². The minimum absolute atomic E-state index is 0.0148. The number of carbonyl (C=O) groups is 1. The largest absolute Gasteiger partial charge is 0.354 e. The quantitative estimate of drug-likeness (QED) is 0.932. The Labute approximate surface area is 137 Å². The third kappa shape index (κ3) is 3.53. The van der Waals surface area contributed by atoms with E-state index in [1.807, 2.05) is 13.0 Å². The number of rotatable bonds is 3. The SMILES string of the molecule is Cc1cnc(NC(=O)C2CCCN(c3ccc(Cl)nn3)C2)s1. The summed E-state index contributed by atoms with van der Waals surface area (Å²) in [5.74, 6) is 0.698. The van der Waals surface area contributed by atoms with Gasteiger partial charge in [-0.15, -0.1) is 21.5 Å². The van der Waals surface area contributed by atoms with Gasteiger partial charge in [0.05, 0.1) is 5.92 Å². The molecule has 8 heteroatoms. The van der Waals surface area contributed by atoms with Gasteiger partial charge in [0.25, 0.3) is 0 Å². The van der Waals surface area contributed by atoms with Gasteiger partial charge in [0.1, 0.15) is 0 Å². The molecule has 0 aliphatic carbocycles. The van der Waals surface area contributed by atoms with E-state index in [0.29, 0.717) is 16.8 Å². The van der Waals surface area contributed by atoms with Crippen molar-refractivity contribution in [3.05, 3.63) is 28.4 Å². The Morgan fingerprint density at radius 1 is 1.45 bits per heavy atom. The highest BCUT2D eigenvalue weighted by Crippen LogP contribution is 2.24. The zero-order valence-corrected chi connectivity index (χ0v) is 13.7. The summed E-state index contributed by atoms with van der Waals surface area (Å²) in [7, 11) is 0. The summed E-state index contributed by atoms with van der Waals surface area (Å²) >= 11 is 7.25. The maximum absolute atomic E-state index is 12.4. The minimum Gasteiger partial charge on any atom is -0.354 e. The zero-order valence-electron chi connectivity index (χ0n) is 12.1. The van der Waals surface area contributed by atoms with E-state index in [4.69, 9.17) is 11.6 Å². The van der Waals surface area contributed by atoms with Crippen molar-refractivity contribution >= 4 is 39.8 Å². The lowest BCUT2D eigenvalue weighted by Crippen LogP contribution is -2.41. The predicted molar refractivity (Wildman–Crippen MR) is 87.5 cm³/mol. The number of carbonyl (C=O) groups excluding carboxylic acids is 1. The maximum Gasteiger partial charge on any atom is 0.231 e. The number of aryl methyl sites for hydroxylation is 1. The van der Waals surface area contributed by atoms with Crippen LogP contribution in [0.3, 0.4) is 0 Å². The number of hydrogen-bond donors (Lipinski definition) is 1. The summed E-state index contributed by atoms with van der Waals surface area (Å²) in [4.78, 5) is 19.7. The van der Waals surface area contributed by atoms with Crippen LogP contribution in [0.4, 0.5) is 10.9 Å². The molecule has 1 aliphatic heterocycles. The highest BCUT2D eigenvalue weighted by molar-refractivity contribution is 7.15. The first-order chi connectivity index (χ1) is 10.6. The van der Waals surface area contributed by atoms with Crippen molar-refractivity contribution in [2.45, 2.75) is 19.8 Å². The second-order valence-corrected chi connectivity index (χ2v) is 6.89. The smallest absolute Gasteiger partial charge is 0.231 e. The van der Waals surface area contributed by atoms with Crippen molar-refractivity contribution in [2.24, 2.45) is 5.92 Å². The van der Waals surface area contributed by atoms with Gasteiger partial charge in [-0.05, 0) is 31.9 Å². The average molecular weight is 338 g/mol. The lowest BCUT2D eigenvalue weighted by atomic mass is 9.97. The number of nitrogens with one attached hydrogen (secondary N) is 1. The van der Waals surface area contributed by atoms with E-state index < -0.39 is 0 Å². The lowest BCUT2D eigenvalue weighted by molar-refractivity contribution is -0.120. The van der Waals surface area contributed by atoms with Crippen LogP contribution in [0.25, 0.3) is 0 Å². The van der Waals surface area contributed by atoms with Crippen molar-refractivity contribution < 1.29 is 4.79 Å². The fourth-order valence-electron chi connectivity index (χ4n) is 2.50. The molecule has 3 rings (SSSR count). The standard InChI is InChI=1S/C14H16ClN5OS/c1-9-7-16-14(22-9)17-13(21)10-3-2-6-20(8-10)12-5-4-11(15)18-19-12/h4-5,7,10H,2-3,6,8H2,1H3,(H,16,17,21). The summed E-state index contributed by atoms with van der Waals surface area (Å²) < 4.78 is 0. The number of amides is 1. The third-order valence-electron chi connectivity index (χ3n) is 3.59. The molecule has 1 unspecified atom stereocenters. The Bertz CT molecular complexity index is 660. The van der Waals surface area contributed by atoms with Crippen LogP contribution in [0, 0.1) is 12.8 Å². The van der Waals surface area contributed by atoms with E-state index >= 15 is 0 Å². The van der Waals surface area contributed by atoms with Crippen molar-refractivity contribution in [2.75, 3.05) is 23.3 Å². The van der Waals surface area contributed by atoms with Crippen LogP contribution in [0.5, 0.6) is 0 Å². The molecule has 3 heterocycles. The van der Waals surface area contributed by atoms with Gasteiger partial charge in [0.15, 0.2) is 16.1 Å². The van der Waals surface area contributed by atoms with Crippen LogP contribution < -0.4 is 10.2 Å². The van der Waals surface area contributed by atoms with Crippen LogP contribution in [-0.2, 0) is 4.79 Å². The normalized spacial score (nSPS) is 18.3. The molecule has 116 valence electrons. The van der Waals surface area contributed by atoms with E-state index in [2.05, 4.69) is 25.4 Å². The van der Waals surface area contributed by atoms with Gasteiger partial charge in [-0.3, -0.25) is 4.79 Å². The van der Waals surface area contributed by atoms with Crippen LogP contribution in [0.1, 0.15) is 17.7 Å². The Morgan fingerprint density at radius 2 is 2.32 bits per heavy atom. The number of thiazole rings is 1. The van der Waals surface area contributed by atoms with Crippen LogP contribution in [0.2, 0.25) is 5.15 Å². The topological polar surface area (TPSA) is 71.0 Å². The summed E-state index contributed by atoms with van der Waals surface area (Å²) in [5, 5.41) is 11.9. The van der Waals surface area contributed by atoms with Gasteiger partial charge in [-0.1, -0.05) is 11.6 Å². The Hall–Kier alpha value is -1.73. The molecule has 2 aromatic heterocycles. The molecule has 0 aromatic carbocycles. The Kier molecular flexibility index (Phi) is 4.54. The Balaban J connectivity index is 1.64. The fraction of sp³-hybridized carbons (Fsp3) is 0.429. The molecule has 1 N–H and O–H groups in total. The second-order valence-electron chi connectivity index (χ2n) is 5.26. The first-order valence-electron chi connectivity index (χ1n) is 7.09. The number of hydrogen-bond acceptors (Lipinski definition) is 6. The first-order valence-corrected chi connectivity index (χ1v) is 8.29. The van der Waals surface area contributed by atoms with Gasteiger partial charge < -0.3 is 10.2 Å². The predicted octanol–water partition coefficient (Wildman–Crippen LogP) is 2.75. The maximum atomic E-state index is 12.4. The molecule has 0 radical (unpaired) electrons. The molecule has 1 saturated heterocycles. The monoisotopic (exact) mass is 337 g/mol. The lowest BCUT2D eigenvalue weighted by Gasteiger charge is -2.32. The Morgan fingerprint density at radius 3 is 3.00 bits per heavy atom. The highest BCUT2D eigenvalue weighted by Gasteiger charge is 2.27. The average Bonchev–Trinajstić information content (AvgIpc) is 2.93. The molecule has 0 bridgehead atoms. The summed E-state index contributed by atoms with van der Waals surface area (Å²) in [6.07, 6.45) is 3.57. The number of piperidine rings is 1. The van der Waals surface area contributed by atoms with Gasteiger partial charge in [0, 0.05) is 24.2 Å². The van der Waals surface area contributed by atoms with E-state index in [0.717, 1.165) is 30.1 Å². The van der Waals surface area contributed by atoms with Crippen LogP contribution in [-0.4, -0.2) is 34.2 Å². The molecule has 1 aliphatic rings. The van der Waals surface area contributed by atoms with E-state index in [1.54, 1.807) is 12.3 Å². The number of nitrogens with zero attached hydrogens (tertiary/aromatic N) is 4. The molecule has 6 nitrogen and oxygen atoms in total. The van der Waals surface area contributed by atoms with Gasteiger partial charge in [-0.2, -0.15) is 0 Å². The molecule has 1 atom stereocenters. The van der Waals surface area contributed by atoms with Gasteiger partial charge in [-0.25, -0.2) is 4.98 Å². The molecule has 1 fully saturated rings. The number of anilines is 2. The van der Waals surface area contributed by atoms with Gasteiger partial charge >= 0.3 is 0 Å². The summed E-state index contributed by atoms with van der Waals surface area (Å²) in [6.45, 7) is 3.47. The number of aromatic nitrogens is 3. The van der Waals surface area contributed by atoms with E-state index in [1.165, 1.54) is 11.3 Å².